The van der Waals surface area contributed by atoms with Crippen molar-refractivity contribution in [3.63, 3.8) is 0 Å². The number of pyridine rings is 2. The molecule has 4 aromatic heterocycles. The van der Waals surface area contributed by atoms with Gasteiger partial charge >= 0.3 is 0 Å². The van der Waals surface area contributed by atoms with Crippen LogP contribution >= 0.6 is 37.2 Å². The highest BCUT2D eigenvalue weighted by Crippen LogP contribution is 2.18. The van der Waals surface area contributed by atoms with Gasteiger partial charge in [-0.15, -0.1) is 37.2 Å². The molecule has 9 nitrogen and oxygen atoms in total. The first-order chi connectivity index (χ1) is 15.0. The molecule has 0 radical (unpaired) electrons. The van der Waals surface area contributed by atoms with E-state index in [2.05, 4.69) is 30.6 Å². The summed E-state index contributed by atoms with van der Waals surface area (Å²) in [6.07, 6.45) is 5.79. The van der Waals surface area contributed by atoms with E-state index in [1.165, 1.54) is 6.92 Å². The molecular weight excluding hydrogens is 501 g/mol. The Kier molecular flexibility index (Phi) is 11.0. The third kappa shape index (κ3) is 6.69. The number of nitrogens with zero attached hydrogens (tertiary/aromatic N) is 4. The van der Waals surface area contributed by atoms with Gasteiger partial charge in [0.05, 0.1) is 0 Å². The lowest BCUT2D eigenvalue weighted by molar-refractivity contribution is -0.119. The lowest BCUT2D eigenvalue weighted by atomic mass is 10.2. The highest BCUT2D eigenvalue weighted by Gasteiger charge is 2.13. The number of aromatic nitrogens is 5. The topological polar surface area (TPSA) is 118 Å². The Bertz CT molecular complexity index is 1290. The smallest absolute Gasteiger partial charge is 0.299 e. The van der Waals surface area contributed by atoms with Gasteiger partial charge < -0.3 is 15.6 Å². The molecule has 0 aromatic carbocycles. The van der Waals surface area contributed by atoms with Crippen LogP contribution in [0.25, 0.3) is 16.9 Å². The van der Waals surface area contributed by atoms with E-state index in [1.54, 1.807) is 23.2 Å². The summed E-state index contributed by atoms with van der Waals surface area (Å²) in [6, 6.07) is 9.55. The lowest BCUT2D eigenvalue weighted by Crippen LogP contribution is -2.26. The first kappa shape index (κ1) is 28.9. The minimum atomic E-state index is -0.244. The zero-order chi connectivity index (χ0) is 21.8. The quantitative estimate of drug-likeness (QED) is 0.340. The number of nitrogens with one attached hydrogen (secondary N) is 3. The molecule has 3 N–H and O–H groups in total. The summed E-state index contributed by atoms with van der Waals surface area (Å²) < 4.78 is 1.57. The van der Waals surface area contributed by atoms with E-state index >= 15 is 0 Å². The fraction of sp³-hybridized carbons (Fsp3) is 0.227. The number of aryl methyl sites for hydroxylation is 1. The minimum absolute atomic E-state index is 0. The summed E-state index contributed by atoms with van der Waals surface area (Å²) in [6.45, 7) is 4.24. The van der Waals surface area contributed by atoms with Crippen molar-refractivity contribution in [2.75, 3.05) is 11.9 Å². The normalized spacial score (nSPS) is 9.94. The lowest BCUT2D eigenvalue weighted by Gasteiger charge is -2.10. The molecule has 0 saturated carbocycles. The molecule has 4 heterocycles. The van der Waals surface area contributed by atoms with Crippen LogP contribution in [0.15, 0.2) is 53.7 Å². The summed E-state index contributed by atoms with van der Waals surface area (Å²) in [5.41, 5.74) is 2.94. The van der Waals surface area contributed by atoms with Crippen LogP contribution in [0.2, 0.25) is 0 Å². The molecule has 1 amide bonds. The minimum Gasteiger partial charge on any atom is -0.365 e. The number of hydrogen-bond donors (Lipinski definition) is 3. The number of H-pyrrole nitrogens is 1. The zero-order valence-electron chi connectivity index (χ0n) is 18.6. The van der Waals surface area contributed by atoms with Gasteiger partial charge in [0, 0.05) is 61.8 Å². The second kappa shape index (κ2) is 12.9. The molecule has 0 aliphatic heterocycles. The Morgan fingerprint density at radius 3 is 2.59 bits per heavy atom. The van der Waals surface area contributed by atoms with Gasteiger partial charge in [-0.3, -0.25) is 19.1 Å². The molecular formula is C22H26Cl3N7O2. The second-order valence-corrected chi connectivity index (χ2v) is 7.23. The third-order valence-electron chi connectivity index (χ3n) is 4.83. The molecule has 0 unspecified atom stereocenters. The number of fused-ring (bicyclic) bond motifs is 1. The van der Waals surface area contributed by atoms with E-state index in [-0.39, 0.29) is 54.5 Å². The van der Waals surface area contributed by atoms with Gasteiger partial charge in [-0.2, -0.15) is 0 Å². The van der Waals surface area contributed by atoms with Crippen molar-refractivity contribution in [1.82, 2.24) is 29.8 Å². The molecule has 34 heavy (non-hydrogen) atoms. The van der Waals surface area contributed by atoms with Gasteiger partial charge in [0.25, 0.3) is 5.56 Å². The van der Waals surface area contributed by atoms with Gasteiger partial charge in [-0.25, -0.2) is 9.97 Å². The summed E-state index contributed by atoms with van der Waals surface area (Å²) in [7, 11) is 0. The Morgan fingerprint density at radius 1 is 1.09 bits per heavy atom. The molecule has 4 aromatic rings. The van der Waals surface area contributed by atoms with Crippen LogP contribution in [0.4, 0.5) is 5.82 Å². The predicted octanol–water partition coefficient (Wildman–Crippen LogP) is 3.37. The van der Waals surface area contributed by atoms with Crippen LogP contribution in [-0.4, -0.2) is 37.0 Å². The van der Waals surface area contributed by atoms with Crippen molar-refractivity contribution in [2.24, 2.45) is 0 Å². The number of rotatable bonds is 7. The van der Waals surface area contributed by atoms with E-state index in [9.17, 15) is 9.59 Å². The average Bonchev–Trinajstić information content (AvgIpc) is 3.17. The maximum absolute atomic E-state index is 13.1. The number of aromatic amines is 1. The first-order valence-corrected chi connectivity index (χ1v) is 9.96. The molecule has 0 bridgehead atoms. The number of anilines is 1. The van der Waals surface area contributed by atoms with Crippen molar-refractivity contribution >= 4 is 60.0 Å². The van der Waals surface area contributed by atoms with Gasteiger partial charge in [-0.1, -0.05) is 6.07 Å². The molecule has 4 rings (SSSR count). The molecule has 0 fully saturated rings. The zero-order valence-corrected chi connectivity index (χ0v) is 21.0. The Hall–Kier alpha value is -3.14. The average molecular weight is 527 g/mol. The van der Waals surface area contributed by atoms with E-state index in [0.29, 0.717) is 36.7 Å². The van der Waals surface area contributed by atoms with E-state index in [1.807, 2.05) is 37.3 Å². The van der Waals surface area contributed by atoms with Crippen molar-refractivity contribution in [1.29, 1.82) is 0 Å². The Balaban J connectivity index is 0.00000193. The maximum Gasteiger partial charge on any atom is 0.299 e. The van der Waals surface area contributed by atoms with Crippen LogP contribution in [0.1, 0.15) is 23.9 Å². The SMILES string of the molecule is CC(=O)NCc1cnc2[nH]c(-n3c(C)cnc(NCCc4ccccn4)c3=O)cc2c1.Cl.Cl.Cl. The van der Waals surface area contributed by atoms with Crippen molar-refractivity contribution in [3.05, 3.63) is 76.2 Å². The van der Waals surface area contributed by atoms with Crippen LogP contribution in [-0.2, 0) is 17.8 Å². The van der Waals surface area contributed by atoms with Crippen LogP contribution in [0.5, 0.6) is 0 Å². The first-order valence-electron chi connectivity index (χ1n) is 9.96. The van der Waals surface area contributed by atoms with Crippen LogP contribution < -0.4 is 16.2 Å². The van der Waals surface area contributed by atoms with Crippen LogP contribution in [0.3, 0.4) is 0 Å². The standard InChI is InChI=1S/C22H23N7O2.3ClH/c1-14-11-26-21(24-8-6-18-5-3-4-7-23-18)22(31)29(14)19-10-17-9-16(12-25-15(2)30)13-27-20(17)28-19;;;/h3-5,7,9-11,13H,6,8,12H2,1-2H3,(H,24,26)(H,25,30)(H,27,28);3*1H. The van der Waals surface area contributed by atoms with Crippen LogP contribution in [0, 0.1) is 6.92 Å². The fourth-order valence-electron chi connectivity index (χ4n) is 3.30. The third-order valence-corrected chi connectivity index (χ3v) is 4.83. The molecule has 0 aliphatic carbocycles. The molecule has 0 atom stereocenters. The molecule has 0 spiro atoms. The van der Waals surface area contributed by atoms with Gasteiger partial charge in [-0.05, 0) is 36.8 Å². The summed E-state index contributed by atoms with van der Waals surface area (Å²) >= 11 is 0. The van der Waals surface area contributed by atoms with E-state index in [4.69, 9.17) is 0 Å². The molecule has 12 heteroatoms. The molecule has 0 saturated heterocycles. The highest BCUT2D eigenvalue weighted by molar-refractivity contribution is 5.86. The number of hydrogen-bond acceptors (Lipinski definition) is 6. The van der Waals surface area contributed by atoms with Crippen molar-refractivity contribution in [2.45, 2.75) is 26.8 Å². The van der Waals surface area contributed by atoms with E-state index < -0.39 is 0 Å². The van der Waals surface area contributed by atoms with Crippen molar-refractivity contribution < 1.29 is 4.79 Å². The van der Waals surface area contributed by atoms with E-state index in [0.717, 1.165) is 16.6 Å². The number of halogens is 3. The van der Waals surface area contributed by atoms with Crippen molar-refractivity contribution in [3.8, 4) is 5.82 Å². The largest absolute Gasteiger partial charge is 0.365 e. The Labute approximate surface area is 215 Å². The summed E-state index contributed by atoms with van der Waals surface area (Å²) in [5.74, 6) is 0.785. The fourth-order valence-corrected chi connectivity index (χ4v) is 3.30. The monoisotopic (exact) mass is 525 g/mol. The van der Waals surface area contributed by atoms with Gasteiger partial charge in [0.2, 0.25) is 5.91 Å². The predicted molar refractivity (Wildman–Crippen MR) is 140 cm³/mol. The highest BCUT2D eigenvalue weighted by atomic mass is 35.5. The van der Waals surface area contributed by atoms with Gasteiger partial charge in [0.1, 0.15) is 11.5 Å². The summed E-state index contributed by atoms with van der Waals surface area (Å²) in [4.78, 5) is 40.4. The molecule has 182 valence electrons. The Morgan fingerprint density at radius 2 is 1.88 bits per heavy atom. The second-order valence-electron chi connectivity index (χ2n) is 7.23. The number of carbonyl (C=O) groups is 1. The number of amides is 1. The molecule has 0 aliphatic rings. The van der Waals surface area contributed by atoms with Gasteiger partial charge in [0.15, 0.2) is 5.82 Å². The summed E-state index contributed by atoms with van der Waals surface area (Å²) in [5, 5.41) is 6.72. The maximum atomic E-state index is 13.1. The number of carbonyl (C=O) groups excluding carboxylic acids is 1.